The van der Waals surface area contributed by atoms with E-state index in [1.54, 1.807) is 13.4 Å². The van der Waals surface area contributed by atoms with Gasteiger partial charge in [0.15, 0.2) is 0 Å². The number of rotatable bonds is 5. The molecule has 4 rings (SSSR count). The molecule has 0 radical (unpaired) electrons. The van der Waals surface area contributed by atoms with E-state index in [9.17, 15) is 0 Å². The zero-order chi connectivity index (χ0) is 18.8. The molecule has 0 fully saturated rings. The first-order valence-corrected chi connectivity index (χ1v) is 8.81. The van der Waals surface area contributed by atoms with Crippen LogP contribution in [0.15, 0.2) is 54.7 Å². The SMILES string of the molecule is C=Cc1cnn2ccc(-c3c[nH]c4ncnc(/C(C=NC)=C/CC)c34)cc12. The lowest BCUT2D eigenvalue weighted by molar-refractivity contribution is 0.962. The van der Waals surface area contributed by atoms with Gasteiger partial charge >= 0.3 is 0 Å². The summed E-state index contributed by atoms with van der Waals surface area (Å²) >= 11 is 0. The van der Waals surface area contributed by atoms with Crippen LogP contribution in [0.4, 0.5) is 0 Å². The number of nitrogens with one attached hydrogen (secondary N) is 1. The van der Waals surface area contributed by atoms with Crippen LogP contribution in [0.25, 0.3) is 39.3 Å². The lowest BCUT2D eigenvalue weighted by atomic mass is 10.0. The van der Waals surface area contributed by atoms with Crippen molar-refractivity contribution in [3.8, 4) is 11.1 Å². The molecule has 0 saturated heterocycles. The van der Waals surface area contributed by atoms with Gasteiger partial charge in [-0.1, -0.05) is 25.7 Å². The van der Waals surface area contributed by atoms with Crippen molar-refractivity contribution in [2.24, 2.45) is 4.99 Å². The molecule has 4 heterocycles. The van der Waals surface area contributed by atoms with Crippen molar-refractivity contribution >= 4 is 34.4 Å². The van der Waals surface area contributed by atoms with E-state index < -0.39 is 0 Å². The molecule has 0 aliphatic rings. The molecule has 0 aromatic carbocycles. The van der Waals surface area contributed by atoms with Crippen LogP contribution < -0.4 is 0 Å². The van der Waals surface area contributed by atoms with Crippen LogP contribution in [0.1, 0.15) is 24.6 Å². The summed E-state index contributed by atoms with van der Waals surface area (Å²) < 4.78 is 1.85. The summed E-state index contributed by atoms with van der Waals surface area (Å²) in [6.07, 6.45) is 14.0. The Morgan fingerprint density at radius 1 is 1.37 bits per heavy atom. The zero-order valence-electron chi connectivity index (χ0n) is 15.3. The van der Waals surface area contributed by atoms with Crippen molar-refractivity contribution in [1.29, 1.82) is 0 Å². The van der Waals surface area contributed by atoms with Crippen LogP contribution in [-0.4, -0.2) is 37.8 Å². The second-order valence-electron chi connectivity index (χ2n) is 6.15. The fraction of sp³-hybridized carbons (Fsp3) is 0.143. The second kappa shape index (κ2) is 6.99. The first-order chi connectivity index (χ1) is 13.3. The number of fused-ring (bicyclic) bond motifs is 2. The van der Waals surface area contributed by atoms with Crippen molar-refractivity contribution in [1.82, 2.24) is 24.6 Å². The van der Waals surface area contributed by atoms with Crippen LogP contribution in [0.2, 0.25) is 0 Å². The molecule has 0 bridgehead atoms. The molecule has 27 heavy (non-hydrogen) atoms. The van der Waals surface area contributed by atoms with Gasteiger partial charge in [-0.05, 0) is 24.1 Å². The lowest BCUT2D eigenvalue weighted by Crippen LogP contribution is -1.95. The minimum absolute atomic E-state index is 0.804. The molecule has 0 atom stereocenters. The number of aromatic amines is 1. The van der Waals surface area contributed by atoms with Gasteiger partial charge in [-0.2, -0.15) is 5.10 Å². The third-order valence-electron chi connectivity index (χ3n) is 4.52. The van der Waals surface area contributed by atoms with Gasteiger partial charge in [-0.3, -0.25) is 4.99 Å². The fourth-order valence-corrected chi connectivity index (χ4v) is 3.30. The molecule has 0 spiro atoms. The Labute approximate surface area is 157 Å². The third-order valence-corrected chi connectivity index (χ3v) is 4.52. The van der Waals surface area contributed by atoms with E-state index in [-0.39, 0.29) is 0 Å². The predicted molar refractivity (Wildman–Crippen MR) is 111 cm³/mol. The second-order valence-corrected chi connectivity index (χ2v) is 6.15. The Hall–Kier alpha value is -3.54. The average molecular weight is 356 g/mol. The van der Waals surface area contributed by atoms with Gasteiger partial charge in [-0.15, -0.1) is 0 Å². The summed E-state index contributed by atoms with van der Waals surface area (Å²) in [6.45, 7) is 5.97. The standard InChI is InChI=1S/C21H20N6/c1-4-6-16(10-22-3)20-19-17(12-23-21(19)25-13-24-20)15-7-8-27-18(9-15)14(5-2)11-26-27/h5-13H,2,4H2,1,3H3,(H,23,24,25)/b16-6+,22-10?. The van der Waals surface area contributed by atoms with Gasteiger partial charge in [-0.25, -0.2) is 14.5 Å². The number of nitrogens with zero attached hydrogens (tertiary/aromatic N) is 5. The minimum atomic E-state index is 0.804. The maximum Gasteiger partial charge on any atom is 0.141 e. The van der Waals surface area contributed by atoms with Gasteiger partial charge in [0, 0.05) is 42.4 Å². The highest BCUT2D eigenvalue weighted by atomic mass is 15.2. The molecular weight excluding hydrogens is 336 g/mol. The van der Waals surface area contributed by atoms with Crippen molar-refractivity contribution in [3.05, 3.63) is 61.0 Å². The molecular formula is C21H20N6. The van der Waals surface area contributed by atoms with E-state index in [0.717, 1.165) is 50.9 Å². The topological polar surface area (TPSA) is 71.2 Å². The van der Waals surface area contributed by atoms with Crippen LogP contribution in [0.3, 0.4) is 0 Å². The number of H-pyrrole nitrogens is 1. The van der Waals surface area contributed by atoms with Crippen molar-refractivity contribution in [2.45, 2.75) is 13.3 Å². The van der Waals surface area contributed by atoms with Gasteiger partial charge in [0.2, 0.25) is 0 Å². The molecule has 4 aromatic heterocycles. The number of allylic oxidation sites excluding steroid dienone is 2. The number of aromatic nitrogens is 5. The van der Waals surface area contributed by atoms with Crippen molar-refractivity contribution in [3.63, 3.8) is 0 Å². The normalized spacial score (nSPS) is 12.4. The molecule has 0 aliphatic carbocycles. The lowest BCUT2D eigenvalue weighted by Gasteiger charge is -2.07. The van der Waals surface area contributed by atoms with Crippen LogP contribution in [-0.2, 0) is 0 Å². The Morgan fingerprint density at radius 3 is 3.04 bits per heavy atom. The summed E-state index contributed by atoms with van der Waals surface area (Å²) in [7, 11) is 1.77. The Balaban J connectivity index is 1.98. The number of hydrogen-bond acceptors (Lipinski definition) is 4. The third kappa shape index (κ3) is 2.85. The highest BCUT2D eigenvalue weighted by molar-refractivity contribution is 6.15. The van der Waals surface area contributed by atoms with Crippen LogP contribution in [0.5, 0.6) is 0 Å². The molecule has 1 N–H and O–H groups in total. The zero-order valence-corrected chi connectivity index (χ0v) is 15.3. The molecule has 6 nitrogen and oxygen atoms in total. The van der Waals surface area contributed by atoms with Crippen molar-refractivity contribution in [2.75, 3.05) is 7.05 Å². The van der Waals surface area contributed by atoms with E-state index >= 15 is 0 Å². The van der Waals surface area contributed by atoms with Crippen molar-refractivity contribution < 1.29 is 0 Å². The van der Waals surface area contributed by atoms with Crippen LogP contribution in [0, 0.1) is 0 Å². The Morgan fingerprint density at radius 2 is 2.26 bits per heavy atom. The number of aliphatic imine (C=N–C) groups is 1. The molecule has 6 heteroatoms. The number of hydrogen-bond donors (Lipinski definition) is 1. The summed E-state index contributed by atoms with van der Waals surface area (Å²) in [5, 5.41) is 5.34. The van der Waals surface area contributed by atoms with Gasteiger partial charge in [0.1, 0.15) is 12.0 Å². The maximum atomic E-state index is 4.56. The summed E-state index contributed by atoms with van der Waals surface area (Å²) in [6, 6.07) is 4.16. The first-order valence-electron chi connectivity index (χ1n) is 8.81. The fourth-order valence-electron chi connectivity index (χ4n) is 3.30. The maximum absolute atomic E-state index is 4.56. The highest BCUT2D eigenvalue weighted by Crippen LogP contribution is 2.33. The smallest absolute Gasteiger partial charge is 0.141 e. The first kappa shape index (κ1) is 16.9. The van der Waals surface area contributed by atoms with Gasteiger partial charge in [0.05, 0.1) is 22.8 Å². The molecule has 134 valence electrons. The summed E-state index contributed by atoms with van der Waals surface area (Å²) in [5.74, 6) is 0. The van der Waals surface area contributed by atoms with E-state index in [1.165, 1.54) is 0 Å². The molecule has 4 aromatic rings. The van der Waals surface area contributed by atoms with E-state index in [4.69, 9.17) is 0 Å². The summed E-state index contributed by atoms with van der Waals surface area (Å²) in [5.41, 5.74) is 6.79. The molecule has 0 aliphatic heterocycles. The quantitative estimate of drug-likeness (QED) is 0.538. The predicted octanol–water partition coefficient (Wildman–Crippen LogP) is 4.41. The monoisotopic (exact) mass is 356 g/mol. The largest absolute Gasteiger partial charge is 0.345 e. The van der Waals surface area contributed by atoms with Gasteiger partial charge in [0.25, 0.3) is 0 Å². The highest BCUT2D eigenvalue weighted by Gasteiger charge is 2.15. The average Bonchev–Trinajstić information content (AvgIpc) is 3.31. The molecule has 0 unspecified atom stereocenters. The summed E-state index contributed by atoms with van der Waals surface area (Å²) in [4.78, 5) is 16.4. The number of pyridine rings is 1. The minimum Gasteiger partial charge on any atom is -0.345 e. The van der Waals surface area contributed by atoms with Crippen LogP contribution >= 0.6 is 0 Å². The van der Waals surface area contributed by atoms with E-state index in [0.29, 0.717) is 0 Å². The molecule has 0 saturated carbocycles. The van der Waals surface area contributed by atoms with E-state index in [1.807, 2.05) is 41.5 Å². The van der Waals surface area contributed by atoms with Gasteiger partial charge < -0.3 is 4.98 Å². The van der Waals surface area contributed by atoms with E-state index in [2.05, 4.69) is 50.7 Å². The Bertz CT molecular complexity index is 1190. The molecule has 0 amide bonds. The Kier molecular flexibility index (Phi) is 4.38.